The van der Waals surface area contributed by atoms with Gasteiger partial charge in [-0.05, 0) is 24.6 Å². The van der Waals surface area contributed by atoms with Gasteiger partial charge in [0.05, 0.1) is 25.3 Å². The van der Waals surface area contributed by atoms with Crippen LogP contribution in [0, 0.1) is 6.92 Å². The van der Waals surface area contributed by atoms with Gasteiger partial charge in [-0.25, -0.2) is 4.98 Å². The highest BCUT2D eigenvalue weighted by atomic mass is 32.1. The van der Waals surface area contributed by atoms with E-state index in [1.807, 2.05) is 35.2 Å². The molecule has 140 valence electrons. The van der Waals surface area contributed by atoms with Crippen LogP contribution < -0.4 is 5.32 Å². The van der Waals surface area contributed by atoms with Gasteiger partial charge in [-0.2, -0.15) is 0 Å². The number of morpholine rings is 1. The minimum atomic E-state index is -0.153. The quantitative estimate of drug-likeness (QED) is 0.749. The average molecular weight is 384 g/mol. The fourth-order valence-electron chi connectivity index (χ4n) is 3.16. The molecule has 4 rings (SSSR count). The second kappa shape index (κ2) is 7.50. The maximum Gasteiger partial charge on any atom is 0.254 e. The summed E-state index contributed by atoms with van der Waals surface area (Å²) < 4.78 is 7.21. The molecule has 0 saturated carbocycles. The summed E-state index contributed by atoms with van der Waals surface area (Å²) >= 11 is 1.53. The molecule has 7 nitrogen and oxygen atoms in total. The number of fused-ring (bicyclic) bond motifs is 1. The summed E-state index contributed by atoms with van der Waals surface area (Å²) in [7, 11) is 0. The maximum atomic E-state index is 12.8. The van der Waals surface area contributed by atoms with Gasteiger partial charge in [0.25, 0.3) is 5.91 Å². The van der Waals surface area contributed by atoms with Crippen molar-refractivity contribution in [2.24, 2.45) is 0 Å². The summed E-state index contributed by atoms with van der Waals surface area (Å²) in [4.78, 5) is 32.3. The molecule has 8 heteroatoms. The maximum absolute atomic E-state index is 12.8. The van der Waals surface area contributed by atoms with Gasteiger partial charge in [0, 0.05) is 42.1 Å². The Balaban J connectivity index is 1.47. The van der Waals surface area contributed by atoms with E-state index in [2.05, 4.69) is 10.3 Å². The van der Waals surface area contributed by atoms with Crippen molar-refractivity contribution in [2.75, 3.05) is 31.6 Å². The zero-order valence-electron chi connectivity index (χ0n) is 15.0. The molecule has 3 heterocycles. The topological polar surface area (TPSA) is 75.9 Å². The zero-order valence-corrected chi connectivity index (χ0v) is 15.8. The monoisotopic (exact) mass is 384 g/mol. The molecule has 27 heavy (non-hydrogen) atoms. The number of imidazole rings is 1. The Morgan fingerprint density at radius 2 is 2.11 bits per heavy atom. The van der Waals surface area contributed by atoms with Gasteiger partial charge in [-0.1, -0.05) is 6.07 Å². The minimum Gasteiger partial charge on any atom is -0.378 e. The number of thiazole rings is 1. The number of aromatic nitrogens is 2. The molecule has 0 atom stereocenters. The zero-order chi connectivity index (χ0) is 18.8. The SMILES string of the molecule is Cc1c(NC(=O)Cc2cn3ccsc3n2)cccc1C(=O)N1CCOCC1. The molecule has 1 aromatic carbocycles. The van der Waals surface area contributed by atoms with E-state index in [4.69, 9.17) is 4.74 Å². The molecular formula is C19H20N4O3S. The Bertz CT molecular complexity index is 959. The first-order valence-electron chi connectivity index (χ1n) is 8.79. The lowest BCUT2D eigenvalue weighted by Gasteiger charge is -2.27. The van der Waals surface area contributed by atoms with Crippen LogP contribution in [0.1, 0.15) is 21.6 Å². The Labute approximate surface area is 160 Å². The third-order valence-corrected chi connectivity index (χ3v) is 5.39. The van der Waals surface area contributed by atoms with Crippen molar-refractivity contribution in [3.8, 4) is 0 Å². The van der Waals surface area contributed by atoms with Crippen molar-refractivity contribution in [3.63, 3.8) is 0 Å². The van der Waals surface area contributed by atoms with Crippen LogP contribution in [-0.2, 0) is 16.0 Å². The predicted octanol–water partition coefficient (Wildman–Crippen LogP) is 2.36. The lowest BCUT2D eigenvalue weighted by Crippen LogP contribution is -2.41. The number of hydrogen-bond donors (Lipinski definition) is 1. The first-order chi connectivity index (χ1) is 13.1. The molecule has 0 radical (unpaired) electrons. The lowest BCUT2D eigenvalue weighted by atomic mass is 10.0. The van der Waals surface area contributed by atoms with Gasteiger partial charge in [0.1, 0.15) is 0 Å². The van der Waals surface area contributed by atoms with Crippen LogP contribution in [-0.4, -0.2) is 52.4 Å². The molecule has 2 aromatic heterocycles. The Morgan fingerprint density at radius 3 is 2.89 bits per heavy atom. The number of rotatable bonds is 4. The van der Waals surface area contributed by atoms with Gasteiger partial charge in [0.2, 0.25) is 5.91 Å². The Hall–Kier alpha value is -2.71. The minimum absolute atomic E-state index is 0.0266. The van der Waals surface area contributed by atoms with E-state index in [-0.39, 0.29) is 18.2 Å². The molecule has 0 aliphatic carbocycles. The van der Waals surface area contributed by atoms with Gasteiger partial charge >= 0.3 is 0 Å². The molecule has 1 N–H and O–H groups in total. The highest BCUT2D eigenvalue weighted by molar-refractivity contribution is 7.15. The number of carbonyl (C=O) groups is 2. The number of hydrogen-bond acceptors (Lipinski definition) is 5. The lowest BCUT2D eigenvalue weighted by molar-refractivity contribution is -0.115. The van der Waals surface area contributed by atoms with Crippen LogP contribution in [0.4, 0.5) is 5.69 Å². The largest absolute Gasteiger partial charge is 0.378 e. The van der Waals surface area contributed by atoms with Crippen LogP contribution in [0.25, 0.3) is 4.96 Å². The van der Waals surface area contributed by atoms with Gasteiger partial charge < -0.3 is 15.0 Å². The molecule has 1 saturated heterocycles. The third-order valence-electron chi connectivity index (χ3n) is 4.62. The highest BCUT2D eigenvalue weighted by Gasteiger charge is 2.21. The molecule has 1 aliphatic rings. The van der Waals surface area contributed by atoms with E-state index in [0.717, 1.165) is 16.2 Å². The predicted molar refractivity (Wildman–Crippen MR) is 103 cm³/mol. The van der Waals surface area contributed by atoms with E-state index in [9.17, 15) is 9.59 Å². The first kappa shape index (κ1) is 17.7. The second-order valence-electron chi connectivity index (χ2n) is 6.43. The van der Waals surface area contributed by atoms with Crippen molar-refractivity contribution in [2.45, 2.75) is 13.3 Å². The summed E-state index contributed by atoms with van der Waals surface area (Å²) in [6.45, 7) is 4.15. The van der Waals surface area contributed by atoms with Crippen LogP contribution >= 0.6 is 11.3 Å². The molecule has 2 amide bonds. The Kier molecular flexibility index (Phi) is 4.91. The smallest absolute Gasteiger partial charge is 0.254 e. The number of amides is 2. The number of carbonyl (C=O) groups excluding carboxylic acids is 2. The van der Waals surface area contributed by atoms with Crippen LogP contribution in [0.2, 0.25) is 0 Å². The fraction of sp³-hybridized carbons (Fsp3) is 0.316. The van der Waals surface area contributed by atoms with E-state index < -0.39 is 0 Å². The summed E-state index contributed by atoms with van der Waals surface area (Å²) in [5.74, 6) is -0.180. The molecule has 0 bridgehead atoms. The molecule has 1 aliphatic heterocycles. The van der Waals surface area contributed by atoms with Gasteiger partial charge in [0.15, 0.2) is 4.96 Å². The summed E-state index contributed by atoms with van der Waals surface area (Å²) in [6, 6.07) is 5.41. The van der Waals surface area contributed by atoms with Crippen molar-refractivity contribution in [1.29, 1.82) is 0 Å². The van der Waals surface area contributed by atoms with E-state index >= 15 is 0 Å². The number of benzene rings is 1. The normalized spacial score (nSPS) is 14.5. The van der Waals surface area contributed by atoms with Gasteiger partial charge in [-0.15, -0.1) is 11.3 Å². The molecular weight excluding hydrogens is 364 g/mol. The van der Waals surface area contributed by atoms with E-state index in [1.54, 1.807) is 17.0 Å². The second-order valence-corrected chi connectivity index (χ2v) is 7.31. The van der Waals surface area contributed by atoms with Crippen LogP contribution in [0.3, 0.4) is 0 Å². The summed E-state index contributed by atoms with van der Waals surface area (Å²) in [6.07, 6.45) is 3.96. The van der Waals surface area contributed by atoms with Crippen LogP contribution in [0.5, 0.6) is 0 Å². The third kappa shape index (κ3) is 3.72. The number of ether oxygens (including phenoxy) is 1. The number of nitrogens with one attached hydrogen (secondary N) is 1. The van der Waals surface area contributed by atoms with Gasteiger partial charge in [-0.3, -0.25) is 14.0 Å². The molecule has 0 unspecified atom stereocenters. The van der Waals surface area contributed by atoms with E-state index in [1.165, 1.54) is 11.3 Å². The molecule has 0 spiro atoms. The molecule has 3 aromatic rings. The van der Waals surface area contributed by atoms with Crippen LogP contribution in [0.15, 0.2) is 36.0 Å². The average Bonchev–Trinajstić information content (AvgIpc) is 3.25. The highest BCUT2D eigenvalue weighted by Crippen LogP contribution is 2.21. The van der Waals surface area contributed by atoms with Crippen molar-refractivity contribution >= 4 is 33.8 Å². The van der Waals surface area contributed by atoms with E-state index in [0.29, 0.717) is 37.6 Å². The Morgan fingerprint density at radius 1 is 1.30 bits per heavy atom. The summed E-state index contributed by atoms with van der Waals surface area (Å²) in [5.41, 5.74) is 2.75. The first-order valence-corrected chi connectivity index (χ1v) is 9.67. The molecule has 1 fully saturated rings. The standard InChI is InChI=1S/C19H20N4O3S/c1-13-15(18(25)22-5-8-26-9-6-22)3-2-4-16(13)21-17(24)11-14-12-23-7-10-27-19(23)20-14/h2-4,7,10,12H,5-6,8-9,11H2,1H3,(H,21,24). The van der Waals surface area contributed by atoms with Crippen molar-refractivity contribution in [3.05, 3.63) is 52.8 Å². The van der Waals surface area contributed by atoms with Crippen molar-refractivity contribution in [1.82, 2.24) is 14.3 Å². The van der Waals surface area contributed by atoms with Crippen molar-refractivity contribution < 1.29 is 14.3 Å². The number of nitrogens with zero attached hydrogens (tertiary/aromatic N) is 3. The fourth-order valence-corrected chi connectivity index (χ4v) is 3.88. The summed E-state index contributed by atoms with van der Waals surface area (Å²) in [5, 5.41) is 4.86. The number of anilines is 1.